The zero-order chi connectivity index (χ0) is 14.9. The largest absolute Gasteiger partial charge is 0.358 e. The molecule has 0 saturated carbocycles. The lowest BCUT2D eigenvalue weighted by Gasteiger charge is -2.23. The standard InChI is InChI=1S/C13H17BrN2O3S/c1-9-5-6-10(14)8-12(9)20(18,19)16-7-3-4-11(16)13(17)15-2/h5-6,8,11H,3-4,7H2,1-2H3,(H,15,17). The van der Waals surface area contributed by atoms with Crippen molar-refractivity contribution in [1.82, 2.24) is 9.62 Å². The van der Waals surface area contributed by atoms with Gasteiger partial charge >= 0.3 is 0 Å². The molecule has 1 aromatic carbocycles. The number of halogens is 1. The van der Waals surface area contributed by atoms with Gasteiger partial charge in [0.2, 0.25) is 15.9 Å². The van der Waals surface area contributed by atoms with Crippen molar-refractivity contribution in [2.75, 3.05) is 13.6 Å². The fourth-order valence-corrected chi connectivity index (χ4v) is 4.86. The Morgan fingerprint density at radius 2 is 2.15 bits per heavy atom. The first-order chi connectivity index (χ1) is 9.37. The van der Waals surface area contributed by atoms with Gasteiger partial charge in [-0.15, -0.1) is 0 Å². The zero-order valence-corrected chi connectivity index (χ0v) is 13.8. The summed E-state index contributed by atoms with van der Waals surface area (Å²) in [5.41, 5.74) is 0.677. The zero-order valence-electron chi connectivity index (χ0n) is 11.4. The smallest absolute Gasteiger partial charge is 0.244 e. The van der Waals surface area contributed by atoms with E-state index in [2.05, 4.69) is 21.2 Å². The molecule has 20 heavy (non-hydrogen) atoms. The number of benzene rings is 1. The second-order valence-electron chi connectivity index (χ2n) is 4.80. The van der Waals surface area contributed by atoms with Gasteiger partial charge in [-0.05, 0) is 37.5 Å². The van der Waals surface area contributed by atoms with Crippen molar-refractivity contribution >= 4 is 31.9 Å². The second kappa shape index (κ2) is 5.83. The van der Waals surface area contributed by atoms with Gasteiger partial charge in [-0.3, -0.25) is 4.79 Å². The van der Waals surface area contributed by atoms with Crippen LogP contribution in [0.15, 0.2) is 27.6 Å². The molecule has 1 fully saturated rings. The summed E-state index contributed by atoms with van der Waals surface area (Å²) >= 11 is 3.29. The van der Waals surface area contributed by atoms with Gasteiger partial charge in [-0.2, -0.15) is 4.31 Å². The molecule has 1 aliphatic heterocycles. The summed E-state index contributed by atoms with van der Waals surface area (Å²) in [6.07, 6.45) is 1.26. The highest BCUT2D eigenvalue weighted by Crippen LogP contribution is 2.29. The van der Waals surface area contributed by atoms with E-state index in [-0.39, 0.29) is 10.8 Å². The summed E-state index contributed by atoms with van der Waals surface area (Å²) in [4.78, 5) is 12.1. The van der Waals surface area contributed by atoms with Crippen molar-refractivity contribution in [3.63, 3.8) is 0 Å². The molecule has 110 valence electrons. The molecule has 1 N–H and O–H groups in total. The van der Waals surface area contributed by atoms with Gasteiger partial charge in [0.15, 0.2) is 0 Å². The summed E-state index contributed by atoms with van der Waals surface area (Å²) in [5.74, 6) is -0.251. The summed E-state index contributed by atoms with van der Waals surface area (Å²) in [7, 11) is -2.13. The highest BCUT2D eigenvalue weighted by Gasteiger charge is 2.39. The highest BCUT2D eigenvalue weighted by molar-refractivity contribution is 9.10. The minimum absolute atomic E-state index is 0.251. The molecule has 7 heteroatoms. The minimum atomic E-state index is -3.65. The molecule has 1 unspecified atom stereocenters. The number of hydrogen-bond donors (Lipinski definition) is 1. The molecule has 1 atom stereocenters. The molecule has 0 radical (unpaired) electrons. The van der Waals surface area contributed by atoms with Crippen LogP contribution in [0.5, 0.6) is 0 Å². The van der Waals surface area contributed by atoms with Crippen LogP contribution in [-0.4, -0.2) is 38.3 Å². The van der Waals surface area contributed by atoms with Crippen molar-refractivity contribution in [3.05, 3.63) is 28.2 Å². The molecular weight excluding hydrogens is 344 g/mol. The van der Waals surface area contributed by atoms with Gasteiger partial charge in [-0.25, -0.2) is 8.42 Å². The summed E-state index contributed by atoms with van der Waals surface area (Å²) < 4.78 is 27.5. The maximum atomic E-state index is 12.8. The first kappa shape index (κ1) is 15.5. The average Bonchev–Trinajstić information content (AvgIpc) is 2.90. The molecule has 0 aliphatic carbocycles. The van der Waals surface area contributed by atoms with Crippen molar-refractivity contribution in [2.24, 2.45) is 0 Å². The Kier molecular flexibility index (Phi) is 4.51. The minimum Gasteiger partial charge on any atom is -0.358 e. The fourth-order valence-electron chi connectivity index (χ4n) is 2.43. The van der Waals surface area contributed by atoms with E-state index in [1.54, 1.807) is 25.1 Å². The Labute approximate surface area is 127 Å². The first-order valence-electron chi connectivity index (χ1n) is 6.37. The molecule has 0 spiro atoms. The van der Waals surface area contributed by atoms with Crippen LogP contribution in [0.2, 0.25) is 0 Å². The van der Waals surface area contributed by atoms with Crippen molar-refractivity contribution < 1.29 is 13.2 Å². The summed E-state index contributed by atoms with van der Waals surface area (Å²) in [6, 6.07) is 4.53. The lowest BCUT2D eigenvalue weighted by Crippen LogP contribution is -2.44. The van der Waals surface area contributed by atoms with Crippen LogP contribution in [0.4, 0.5) is 0 Å². The van der Waals surface area contributed by atoms with Crippen molar-refractivity contribution in [3.8, 4) is 0 Å². The number of aryl methyl sites for hydroxylation is 1. The molecule has 1 saturated heterocycles. The van der Waals surface area contributed by atoms with Gasteiger partial charge in [-0.1, -0.05) is 22.0 Å². The lowest BCUT2D eigenvalue weighted by atomic mass is 10.2. The number of hydrogen-bond acceptors (Lipinski definition) is 3. The molecule has 0 bridgehead atoms. The van der Waals surface area contributed by atoms with E-state index in [1.807, 2.05) is 0 Å². The van der Waals surface area contributed by atoms with Crippen LogP contribution in [0.25, 0.3) is 0 Å². The normalized spacial score (nSPS) is 20.1. The quantitative estimate of drug-likeness (QED) is 0.891. The third-order valence-corrected chi connectivity index (χ3v) is 6.03. The number of carbonyl (C=O) groups is 1. The Balaban J connectivity index is 2.44. The van der Waals surface area contributed by atoms with E-state index in [9.17, 15) is 13.2 Å². The van der Waals surface area contributed by atoms with Gasteiger partial charge in [0, 0.05) is 18.1 Å². The van der Waals surface area contributed by atoms with E-state index in [0.29, 0.717) is 29.4 Å². The highest BCUT2D eigenvalue weighted by atomic mass is 79.9. The molecule has 5 nitrogen and oxygen atoms in total. The van der Waals surface area contributed by atoms with E-state index in [4.69, 9.17) is 0 Å². The fraction of sp³-hybridized carbons (Fsp3) is 0.462. The SMILES string of the molecule is CNC(=O)C1CCCN1S(=O)(=O)c1cc(Br)ccc1C. The van der Waals surface area contributed by atoms with Gasteiger partial charge in [0.1, 0.15) is 6.04 Å². The molecule has 1 heterocycles. The predicted octanol–water partition coefficient (Wildman–Crippen LogP) is 1.66. The van der Waals surface area contributed by atoms with E-state index < -0.39 is 16.1 Å². The van der Waals surface area contributed by atoms with Crippen LogP contribution in [-0.2, 0) is 14.8 Å². The number of sulfonamides is 1. The van der Waals surface area contributed by atoms with Gasteiger partial charge in [0.25, 0.3) is 0 Å². The first-order valence-corrected chi connectivity index (χ1v) is 8.61. The summed E-state index contributed by atoms with van der Waals surface area (Å²) in [5, 5.41) is 2.53. The molecular formula is C13H17BrN2O3S. The van der Waals surface area contributed by atoms with Crippen LogP contribution in [0, 0.1) is 6.92 Å². The Morgan fingerprint density at radius 1 is 1.45 bits per heavy atom. The third kappa shape index (κ3) is 2.75. The predicted molar refractivity (Wildman–Crippen MR) is 79.9 cm³/mol. The number of nitrogens with one attached hydrogen (secondary N) is 1. The molecule has 0 aromatic heterocycles. The molecule has 1 amide bonds. The Bertz CT molecular complexity index is 631. The Morgan fingerprint density at radius 3 is 2.80 bits per heavy atom. The maximum absolute atomic E-state index is 12.8. The van der Waals surface area contributed by atoms with Crippen LogP contribution >= 0.6 is 15.9 Å². The molecule has 1 aromatic rings. The summed E-state index contributed by atoms with van der Waals surface area (Å²) in [6.45, 7) is 2.14. The van der Waals surface area contributed by atoms with E-state index in [1.165, 1.54) is 11.4 Å². The van der Waals surface area contributed by atoms with E-state index in [0.717, 1.165) is 0 Å². The van der Waals surface area contributed by atoms with E-state index >= 15 is 0 Å². The van der Waals surface area contributed by atoms with Gasteiger partial charge < -0.3 is 5.32 Å². The monoisotopic (exact) mass is 360 g/mol. The topological polar surface area (TPSA) is 66.5 Å². The number of likely N-dealkylation sites (N-methyl/N-ethyl adjacent to an activating group) is 1. The molecule has 2 rings (SSSR count). The third-order valence-electron chi connectivity index (χ3n) is 3.49. The van der Waals surface area contributed by atoms with Crippen molar-refractivity contribution in [1.29, 1.82) is 0 Å². The maximum Gasteiger partial charge on any atom is 0.244 e. The second-order valence-corrected chi connectivity index (χ2v) is 7.57. The number of nitrogens with zero attached hydrogens (tertiary/aromatic N) is 1. The van der Waals surface area contributed by atoms with Crippen LogP contribution in [0.1, 0.15) is 18.4 Å². The van der Waals surface area contributed by atoms with Gasteiger partial charge in [0.05, 0.1) is 4.90 Å². The van der Waals surface area contributed by atoms with Crippen LogP contribution in [0.3, 0.4) is 0 Å². The molecule has 1 aliphatic rings. The Hall–Kier alpha value is -0.920. The number of amides is 1. The average molecular weight is 361 g/mol. The van der Waals surface area contributed by atoms with Crippen molar-refractivity contribution in [2.45, 2.75) is 30.7 Å². The number of carbonyl (C=O) groups excluding carboxylic acids is 1. The van der Waals surface area contributed by atoms with Crippen LogP contribution < -0.4 is 5.32 Å². The number of rotatable bonds is 3. The lowest BCUT2D eigenvalue weighted by molar-refractivity contribution is -0.123.